The summed E-state index contributed by atoms with van der Waals surface area (Å²) in [5.41, 5.74) is 4.49. The first-order valence-corrected chi connectivity index (χ1v) is 10.8. The summed E-state index contributed by atoms with van der Waals surface area (Å²) in [7, 11) is 0. The van der Waals surface area contributed by atoms with E-state index in [0.717, 1.165) is 25.8 Å². The van der Waals surface area contributed by atoms with Crippen molar-refractivity contribution in [1.29, 1.82) is 0 Å². The molecule has 0 saturated carbocycles. The number of fused-ring (bicyclic) bond motifs is 1. The van der Waals surface area contributed by atoms with E-state index in [4.69, 9.17) is 0 Å². The molecule has 0 fully saturated rings. The van der Waals surface area contributed by atoms with Gasteiger partial charge >= 0.3 is 0 Å². The van der Waals surface area contributed by atoms with Crippen LogP contribution in [0.4, 0.5) is 0 Å². The smallest absolute Gasteiger partial charge is 0.273 e. The van der Waals surface area contributed by atoms with Gasteiger partial charge in [0.2, 0.25) is 5.91 Å². The van der Waals surface area contributed by atoms with Crippen molar-refractivity contribution in [3.05, 3.63) is 99.3 Å². The quantitative estimate of drug-likeness (QED) is 0.427. The fourth-order valence-corrected chi connectivity index (χ4v) is 3.90. The van der Waals surface area contributed by atoms with Crippen LogP contribution in [-0.2, 0) is 10.2 Å². The molecule has 0 bridgehead atoms. The predicted molar refractivity (Wildman–Crippen MR) is 128 cm³/mol. The monoisotopic (exact) mass is 475 g/mol. The molecule has 5 nitrogen and oxygen atoms in total. The second-order valence-electron chi connectivity index (χ2n) is 8.08. The Kier molecular flexibility index (Phi) is 5.74. The average molecular weight is 476 g/mol. The third-order valence-electron chi connectivity index (χ3n) is 5.31. The van der Waals surface area contributed by atoms with Gasteiger partial charge in [-0.2, -0.15) is 0 Å². The lowest BCUT2D eigenvalue weighted by atomic mass is 9.81. The average Bonchev–Trinajstić information content (AvgIpc) is 2.77. The molecule has 0 aliphatic heterocycles. The van der Waals surface area contributed by atoms with Crippen LogP contribution < -0.4 is 11.0 Å². The molecule has 0 radical (unpaired) electrons. The first-order chi connectivity index (χ1) is 14.8. The number of benzene rings is 3. The lowest BCUT2D eigenvalue weighted by Gasteiger charge is -2.24. The van der Waals surface area contributed by atoms with Crippen molar-refractivity contribution < 1.29 is 4.79 Å². The maximum Gasteiger partial charge on any atom is 0.294 e. The Morgan fingerprint density at radius 2 is 1.55 bits per heavy atom. The van der Waals surface area contributed by atoms with Gasteiger partial charge in [0.1, 0.15) is 5.69 Å². The van der Waals surface area contributed by atoms with Crippen LogP contribution in [0.2, 0.25) is 0 Å². The first kappa shape index (κ1) is 21.0. The van der Waals surface area contributed by atoms with Gasteiger partial charge in [-0.05, 0) is 29.2 Å². The summed E-state index contributed by atoms with van der Waals surface area (Å²) in [4.78, 5) is 26.9. The van der Waals surface area contributed by atoms with Crippen molar-refractivity contribution >= 4 is 32.6 Å². The summed E-state index contributed by atoms with van der Waals surface area (Å²) in [5.74, 6) is -0.277. The van der Waals surface area contributed by atoms with E-state index in [-0.39, 0.29) is 23.3 Å². The van der Waals surface area contributed by atoms with E-state index >= 15 is 0 Å². The molecule has 3 aromatic carbocycles. The number of rotatable bonds is 5. The van der Waals surface area contributed by atoms with Crippen molar-refractivity contribution in [2.75, 3.05) is 5.43 Å². The van der Waals surface area contributed by atoms with E-state index in [0.29, 0.717) is 11.1 Å². The number of nitrogens with zero attached hydrogens (tertiary/aromatic N) is 2. The standard InChI is InChI=1S/C25H22BrN3O2/c1-25(2,18-8-4-3-5-9-18)16-22(30)27-29-24(31)21-11-7-6-10-20(21)23(28-29)17-12-14-19(26)15-13-17/h3-15H,16H2,1-2H3,(H,27,30). The van der Waals surface area contributed by atoms with Crippen molar-refractivity contribution in [2.45, 2.75) is 25.7 Å². The highest BCUT2D eigenvalue weighted by Crippen LogP contribution is 2.27. The highest BCUT2D eigenvalue weighted by Gasteiger charge is 2.25. The van der Waals surface area contributed by atoms with Crippen LogP contribution in [0.25, 0.3) is 22.0 Å². The molecule has 6 heteroatoms. The molecule has 4 rings (SSSR count). The number of aromatic nitrogens is 2. The molecule has 4 aromatic rings. The zero-order valence-electron chi connectivity index (χ0n) is 17.3. The predicted octanol–water partition coefficient (Wildman–Crippen LogP) is 5.26. The molecule has 0 saturated heterocycles. The number of carbonyl (C=O) groups excluding carboxylic acids is 1. The van der Waals surface area contributed by atoms with Gasteiger partial charge in [0, 0.05) is 21.8 Å². The molecule has 1 amide bonds. The largest absolute Gasteiger partial charge is 0.294 e. The Morgan fingerprint density at radius 3 is 2.23 bits per heavy atom. The summed E-state index contributed by atoms with van der Waals surface area (Å²) in [6, 6.07) is 24.8. The Bertz CT molecular complexity index is 1300. The molecule has 1 aromatic heterocycles. The van der Waals surface area contributed by atoms with Crippen molar-refractivity contribution in [3.63, 3.8) is 0 Å². The lowest BCUT2D eigenvalue weighted by molar-refractivity contribution is -0.118. The van der Waals surface area contributed by atoms with Gasteiger partial charge in [-0.25, -0.2) is 5.43 Å². The van der Waals surface area contributed by atoms with Crippen LogP contribution in [0, 0.1) is 0 Å². The second kappa shape index (κ2) is 8.47. The van der Waals surface area contributed by atoms with E-state index in [1.165, 1.54) is 0 Å². The van der Waals surface area contributed by atoms with Gasteiger partial charge in [0.05, 0.1) is 5.39 Å². The first-order valence-electron chi connectivity index (χ1n) is 9.98. The van der Waals surface area contributed by atoms with Crippen LogP contribution in [0.3, 0.4) is 0 Å². The number of carbonyl (C=O) groups is 1. The zero-order chi connectivity index (χ0) is 22.0. The molecular weight excluding hydrogens is 454 g/mol. The molecule has 0 aliphatic carbocycles. The van der Waals surface area contributed by atoms with E-state index < -0.39 is 0 Å². The van der Waals surface area contributed by atoms with Crippen molar-refractivity contribution in [3.8, 4) is 11.3 Å². The van der Waals surface area contributed by atoms with Gasteiger partial charge < -0.3 is 0 Å². The highest BCUT2D eigenvalue weighted by atomic mass is 79.9. The summed E-state index contributed by atoms with van der Waals surface area (Å²) >= 11 is 3.44. The highest BCUT2D eigenvalue weighted by molar-refractivity contribution is 9.10. The van der Waals surface area contributed by atoms with Crippen molar-refractivity contribution in [2.24, 2.45) is 0 Å². The SMILES string of the molecule is CC(C)(CC(=O)Nn1nc(-c2ccc(Br)cc2)c2ccccc2c1=O)c1ccccc1. The summed E-state index contributed by atoms with van der Waals surface area (Å²) in [6.07, 6.45) is 0.214. The van der Waals surface area contributed by atoms with Gasteiger partial charge in [-0.1, -0.05) is 90.4 Å². The summed E-state index contributed by atoms with van der Waals surface area (Å²) in [6.45, 7) is 4.01. The van der Waals surface area contributed by atoms with Crippen LogP contribution in [0.1, 0.15) is 25.8 Å². The van der Waals surface area contributed by atoms with E-state index in [1.54, 1.807) is 12.1 Å². The fraction of sp³-hybridized carbons (Fsp3) is 0.160. The second-order valence-corrected chi connectivity index (χ2v) is 9.00. The fourth-order valence-electron chi connectivity index (χ4n) is 3.64. The topological polar surface area (TPSA) is 64.0 Å². The normalized spacial score (nSPS) is 11.5. The molecule has 0 atom stereocenters. The van der Waals surface area contributed by atoms with Crippen LogP contribution in [-0.4, -0.2) is 15.8 Å². The minimum atomic E-state index is -0.389. The Morgan fingerprint density at radius 1 is 0.935 bits per heavy atom. The molecule has 1 heterocycles. The molecule has 0 unspecified atom stereocenters. The Labute approximate surface area is 188 Å². The van der Waals surface area contributed by atoms with Gasteiger partial charge in [0.25, 0.3) is 5.56 Å². The summed E-state index contributed by atoms with van der Waals surface area (Å²) < 4.78 is 0.949. The van der Waals surface area contributed by atoms with E-state index in [9.17, 15) is 9.59 Å². The molecule has 0 aliphatic rings. The number of amides is 1. The number of halogens is 1. The number of hydrogen-bond acceptors (Lipinski definition) is 3. The van der Waals surface area contributed by atoms with E-state index in [2.05, 4.69) is 26.5 Å². The lowest BCUT2D eigenvalue weighted by Crippen LogP contribution is -2.38. The molecule has 156 valence electrons. The van der Waals surface area contributed by atoms with Gasteiger partial charge in [-0.15, -0.1) is 9.89 Å². The maximum absolute atomic E-state index is 13.0. The molecular formula is C25H22BrN3O2. The summed E-state index contributed by atoms with van der Waals surface area (Å²) in [5, 5.41) is 5.74. The molecule has 0 spiro atoms. The van der Waals surface area contributed by atoms with Crippen LogP contribution >= 0.6 is 15.9 Å². The van der Waals surface area contributed by atoms with Crippen molar-refractivity contribution in [1.82, 2.24) is 9.89 Å². The van der Waals surface area contributed by atoms with Gasteiger partial charge in [-0.3, -0.25) is 9.59 Å². The van der Waals surface area contributed by atoms with Gasteiger partial charge in [0.15, 0.2) is 0 Å². The van der Waals surface area contributed by atoms with Crippen LogP contribution in [0.5, 0.6) is 0 Å². The minimum absolute atomic E-state index is 0.214. The Balaban J connectivity index is 1.71. The Hall–Kier alpha value is -3.25. The number of hydrogen-bond donors (Lipinski definition) is 1. The molecule has 31 heavy (non-hydrogen) atoms. The van der Waals surface area contributed by atoms with Crippen LogP contribution in [0.15, 0.2) is 88.1 Å². The third-order valence-corrected chi connectivity index (χ3v) is 5.84. The zero-order valence-corrected chi connectivity index (χ0v) is 18.9. The maximum atomic E-state index is 13.0. The minimum Gasteiger partial charge on any atom is -0.273 e. The molecule has 1 N–H and O–H groups in total. The number of nitrogens with one attached hydrogen (secondary N) is 1. The third kappa shape index (κ3) is 4.44. The van der Waals surface area contributed by atoms with E-state index in [1.807, 2.05) is 80.6 Å².